The molecule has 3 aromatic carbocycles. The number of ether oxygens (including phenoxy) is 3. The molecule has 0 spiro atoms. The van der Waals surface area contributed by atoms with Gasteiger partial charge in [-0.3, -0.25) is 4.90 Å². The average Bonchev–Trinajstić information content (AvgIpc) is 2.96. The van der Waals surface area contributed by atoms with E-state index in [0.29, 0.717) is 5.56 Å². The number of rotatable bonds is 7. The average molecular weight is 592 g/mol. The van der Waals surface area contributed by atoms with Crippen LogP contribution in [0.1, 0.15) is 17.0 Å². The topological polar surface area (TPSA) is 115 Å². The van der Waals surface area contributed by atoms with Crippen LogP contribution < -0.4 is 15.4 Å². The van der Waals surface area contributed by atoms with Crippen LogP contribution in [-0.4, -0.2) is 26.2 Å². The van der Waals surface area contributed by atoms with Crippen LogP contribution in [0, 0.1) is 17.1 Å². The van der Waals surface area contributed by atoms with E-state index in [-0.39, 0.29) is 45.2 Å². The Morgan fingerprint density at radius 3 is 2.21 bits per heavy atom. The Morgan fingerprint density at radius 1 is 1.03 bits per heavy atom. The van der Waals surface area contributed by atoms with Crippen LogP contribution in [0.15, 0.2) is 99.9 Å². The number of nitrogens with zero attached hydrogens (tertiary/aromatic N) is 2. The molecule has 0 saturated carbocycles. The summed E-state index contributed by atoms with van der Waals surface area (Å²) in [5.74, 6) is -3.86. The molecule has 0 bridgehead atoms. The highest BCUT2D eigenvalue weighted by molar-refractivity contribution is 9.10. The molecule has 1 unspecified atom stereocenters. The number of anilines is 1. The zero-order valence-corrected chi connectivity index (χ0v) is 22.6. The quantitative estimate of drug-likeness (QED) is 0.379. The zero-order chi connectivity index (χ0) is 28.1. The van der Waals surface area contributed by atoms with Crippen LogP contribution in [0.2, 0.25) is 0 Å². The van der Waals surface area contributed by atoms with Crippen LogP contribution in [0.4, 0.5) is 10.1 Å². The third-order valence-electron chi connectivity index (χ3n) is 6.08. The van der Waals surface area contributed by atoms with Crippen molar-refractivity contribution >= 4 is 33.6 Å². The number of hydrogen-bond donors (Lipinski definition) is 1. The van der Waals surface area contributed by atoms with Gasteiger partial charge in [0.05, 0.1) is 47.5 Å². The van der Waals surface area contributed by atoms with E-state index in [4.69, 9.17) is 19.9 Å². The number of carbonyl (C=O) groups is 2. The maximum Gasteiger partial charge on any atom is 0.355 e. The Morgan fingerprint density at radius 2 is 1.64 bits per heavy atom. The summed E-state index contributed by atoms with van der Waals surface area (Å²) in [5.41, 5.74) is 7.36. The highest BCUT2D eigenvalue weighted by Gasteiger charge is 2.43. The van der Waals surface area contributed by atoms with Crippen molar-refractivity contribution in [2.75, 3.05) is 19.1 Å². The van der Waals surface area contributed by atoms with Crippen molar-refractivity contribution in [2.24, 2.45) is 5.73 Å². The lowest BCUT2D eigenvalue weighted by Gasteiger charge is -2.36. The van der Waals surface area contributed by atoms with Gasteiger partial charge in [-0.2, -0.15) is 5.26 Å². The first-order valence-electron chi connectivity index (χ1n) is 11.6. The number of hydrogen-bond acceptors (Lipinski definition) is 8. The molecule has 1 aliphatic rings. The normalized spacial score (nSPS) is 15.1. The minimum Gasteiger partial charge on any atom is -0.485 e. The minimum absolute atomic E-state index is 0.0322. The van der Waals surface area contributed by atoms with E-state index < -0.39 is 23.7 Å². The van der Waals surface area contributed by atoms with Gasteiger partial charge in [0.25, 0.3) is 0 Å². The number of benzene rings is 3. The van der Waals surface area contributed by atoms with E-state index in [0.717, 1.165) is 30.7 Å². The molecule has 1 atom stereocenters. The molecular weight excluding hydrogens is 569 g/mol. The second kappa shape index (κ2) is 11.8. The summed E-state index contributed by atoms with van der Waals surface area (Å²) >= 11 is 3.33. The lowest BCUT2D eigenvalue weighted by molar-refractivity contribution is -0.139. The standard InChI is InChI=1S/C29H23BrFN3O5/c1-37-28(35)24-23(18-11-7-4-8-12-18)20(15-32)27(33)34(25(24)29(36)38-2)19-13-21(30)26(22(31)14-19)39-16-17-9-5-3-6-10-17/h3-14,23H,16,33H2,1-2H3. The van der Waals surface area contributed by atoms with Crippen molar-refractivity contribution in [1.29, 1.82) is 5.26 Å². The van der Waals surface area contributed by atoms with E-state index in [1.54, 1.807) is 30.3 Å². The third-order valence-corrected chi connectivity index (χ3v) is 6.67. The summed E-state index contributed by atoms with van der Waals surface area (Å²) in [6.07, 6.45) is 0. The second-order valence-electron chi connectivity index (χ2n) is 8.35. The number of esters is 2. The predicted octanol–water partition coefficient (Wildman–Crippen LogP) is 5.06. The van der Waals surface area contributed by atoms with Crippen molar-refractivity contribution in [3.05, 3.63) is 117 Å². The van der Waals surface area contributed by atoms with Gasteiger partial charge in [-0.15, -0.1) is 0 Å². The first-order valence-corrected chi connectivity index (χ1v) is 12.4. The Bertz CT molecular complexity index is 1490. The number of allylic oxidation sites excluding steroid dienone is 1. The number of methoxy groups -OCH3 is 2. The second-order valence-corrected chi connectivity index (χ2v) is 9.20. The third kappa shape index (κ3) is 5.35. The van der Waals surface area contributed by atoms with Crippen molar-refractivity contribution in [2.45, 2.75) is 12.5 Å². The Kier molecular flexibility index (Phi) is 8.32. The van der Waals surface area contributed by atoms with Crippen molar-refractivity contribution in [3.8, 4) is 11.8 Å². The first-order chi connectivity index (χ1) is 18.8. The molecule has 10 heteroatoms. The summed E-state index contributed by atoms with van der Waals surface area (Å²) in [6, 6.07) is 22.4. The van der Waals surface area contributed by atoms with E-state index in [2.05, 4.69) is 22.0 Å². The van der Waals surface area contributed by atoms with Gasteiger partial charge in [0, 0.05) is 6.07 Å². The van der Waals surface area contributed by atoms with Gasteiger partial charge in [0.15, 0.2) is 11.6 Å². The van der Waals surface area contributed by atoms with E-state index in [1.165, 1.54) is 6.07 Å². The molecule has 4 rings (SSSR count). The first kappa shape index (κ1) is 27.4. The SMILES string of the molecule is COC(=O)C1=C(C(=O)OC)N(c2cc(F)c(OCc3ccccc3)c(Br)c2)C(N)=C(C#N)C1c1ccccc1. The van der Waals surface area contributed by atoms with Gasteiger partial charge in [-0.25, -0.2) is 14.0 Å². The molecule has 0 fully saturated rings. The van der Waals surface area contributed by atoms with Crippen LogP contribution in [0.5, 0.6) is 5.75 Å². The van der Waals surface area contributed by atoms with Gasteiger partial charge in [-0.1, -0.05) is 60.7 Å². The highest BCUT2D eigenvalue weighted by Crippen LogP contribution is 2.44. The number of carbonyl (C=O) groups excluding carboxylic acids is 2. The summed E-state index contributed by atoms with van der Waals surface area (Å²) in [5, 5.41) is 10.1. The molecule has 0 aliphatic carbocycles. The maximum atomic E-state index is 15.4. The Hall–Kier alpha value is -4.62. The molecular formula is C29H23BrFN3O5. The molecule has 8 nitrogen and oxygen atoms in total. The summed E-state index contributed by atoms with van der Waals surface area (Å²) in [6.45, 7) is 0.110. The summed E-state index contributed by atoms with van der Waals surface area (Å²) in [4.78, 5) is 27.4. The molecule has 2 N–H and O–H groups in total. The predicted molar refractivity (Wildman–Crippen MR) is 144 cm³/mol. The fraction of sp³-hybridized carbons (Fsp3) is 0.138. The molecule has 3 aromatic rings. The van der Waals surface area contributed by atoms with Crippen LogP contribution >= 0.6 is 15.9 Å². The number of nitrogens with two attached hydrogens (primary N) is 1. The lowest BCUT2D eigenvalue weighted by atomic mass is 9.81. The fourth-order valence-electron chi connectivity index (χ4n) is 4.32. The van der Waals surface area contributed by atoms with Crippen LogP contribution in [-0.2, 0) is 25.7 Å². The van der Waals surface area contributed by atoms with Gasteiger partial charge in [0.1, 0.15) is 18.1 Å². The molecule has 0 amide bonds. The summed E-state index contributed by atoms with van der Waals surface area (Å²) in [7, 11) is 2.29. The fourth-order valence-corrected chi connectivity index (χ4v) is 4.86. The number of nitriles is 1. The van der Waals surface area contributed by atoms with Gasteiger partial charge < -0.3 is 19.9 Å². The lowest BCUT2D eigenvalue weighted by Crippen LogP contribution is -2.40. The molecule has 1 aliphatic heterocycles. The Labute approximate surface area is 232 Å². The molecule has 0 aromatic heterocycles. The molecule has 0 radical (unpaired) electrons. The smallest absolute Gasteiger partial charge is 0.355 e. The van der Waals surface area contributed by atoms with Crippen molar-refractivity contribution in [1.82, 2.24) is 0 Å². The maximum absolute atomic E-state index is 15.4. The largest absolute Gasteiger partial charge is 0.485 e. The summed E-state index contributed by atoms with van der Waals surface area (Å²) < 4.78 is 31.3. The monoisotopic (exact) mass is 591 g/mol. The van der Waals surface area contributed by atoms with Crippen molar-refractivity contribution in [3.63, 3.8) is 0 Å². The van der Waals surface area contributed by atoms with Gasteiger partial charge >= 0.3 is 11.9 Å². The molecule has 0 saturated heterocycles. The minimum atomic E-state index is -1.03. The van der Waals surface area contributed by atoms with Crippen LogP contribution in [0.3, 0.4) is 0 Å². The van der Waals surface area contributed by atoms with E-state index in [9.17, 15) is 14.9 Å². The van der Waals surface area contributed by atoms with Gasteiger partial charge in [0.2, 0.25) is 0 Å². The number of halogens is 2. The van der Waals surface area contributed by atoms with Gasteiger partial charge in [-0.05, 0) is 33.1 Å². The van der Waals surface area contributed by atoms with E-state index in [1.807, 2.05) is 30.3 Å². The molecule has 39 heavy (non-hydrogen) atoms. The van der Waals surface area contributed by atoms with Crippen molar-refractivity contribution < 1.29 is 28.2 Å². The van der Waals surface area contributed by atoms with Crippen LogP contribution in [0.25, 0.3) is 0 Å². The highest BCUT2D eigenvalue weighted by atomic mass is 79.9. The molecule has 198 valence electrons. The van der Waals surface area contributed by atoms with E-state index >= 15 is 4.39 Å². The zero-order valence-electron chi connectivity index (χ0n) is 21.0. The Balaban J connectivity index is 1.89. The molecule has 1 heterocycles.